The molecule has 0 spiro atoms. The summed E-state index contributed by atoms with van der Waals surface area (Å²) >= 11 is 0. The molecular formula is C22H44N2O3. The monoisotopic (exact) mass is 384 g/mol. The van der Waals surface area contributed by atoms with Gasteiger partial charge in [0.2, 0.25) is 0 Å². The minimum Gasteiger partial charge on any atom is -0.401 e. The first-order chi connectivity index (χ1) is 12.5. The van der Waals surface area contributed by atoms with Crippen molar-refractivity contribution in [2.75, 3.05) is 26.4 Å². The van der Waals surface area contributed by atoms with Crippen molar-refractivity contribution in [2.24, 2.45) is 16.9 Å². The summed E-state index contributed by atoms with van der Waals surface area (Å²) in [4.78, 5) is 0. The minimum absolute atomic E-state index is 0.0135. The molecule has 0 aromatic heterocycles. The number of nitrogens with two attached hydrogens (primary N) is 2. The van der Waals surface area contributed by atoms with E-state index < -0.39 is 5.60 Å². The third-order valence-electron chi connectivity index (χ3n) is 5.47. The molecule has 0 saturated heterocycles. The zero-order valence-electron chi connectivity index (χ0n) is 18.6. The predicted octanol–water partition coefficient (Wildman–Crippen LogP) is 4.17. The Morgan fingerprint density at radius 3 is 2.22 bits per heavy atom. The fourth-order valence-corrected chi connectivity index (χ4v) is 3.08. The van der Waals surface area contributed by atoms with Crippen molar-refractivity contribution >= 4 is 0 Å². The van der Waals surface area contributed by atoms with E-state index in [1.807, 2.05) is 6.92 Å². The molecule has 0 amide bonds. The number of rotatable bonds is 16. The smallest absolute Gasteiger partial charge is 0.0857 e. The van der Waals surface area contributed by atoms with Gasteiger partial charge in [0.1, 0.15) is 0 Å². The Morgan fingerprint density at radius 2 is 1.74 bits per heavy atom. The second kappa shape index (κ2) is 12.6. The van der Waals surface area contributed by atoms with Crippen LogP contribution in [0.25, 0.3) is 0 Å². The van der Waals surface area contributed by atoms with Gasteiger partial charge in [0, 0.05) is 23.8 Å². The third kappa shape index (κ3) is 9.24. The Hall–Kier alpha value is -0.880. The van der Waals surface area contributed by atoms with Crippen molar-refractivity contribution in [3.05, 3.63) is 24.4 Å². The van der Waals surface area contributed by atoms with E-state index in [2.05, 4.69) is 47.8 Å². The van der Waals surface area contributed by atoms with Gasteiger partial charge in [-0.2, -0.15) is 0 Å². The molecule has 0 heterocycles. The Kier molecular flexibility index (Phi) is 12.1. The molecule has 3 atom stereocenters. The zero-order valence-corrected chi connectivity index (χ0v) is 18.6. The van der Waals surface area contributed by atoms with Crippen LogP contribution in [0.5, 0.6) is 0 Å². The van der Waals surface area contributed by atoms with Crippen LogP contribution in [0.1, 0.15) is 67.2 Å². The normalized spacial score (nSPS) is 16.6. The first kappa shape index (κ1) is 26.1. The minimum atomic E-state index is -0.427. The molecule has 0 bridgehead atoms. The first-order valence-corrected chi connectivity index (χ1v) is 10.2. The highest BCUT2D eigenvalue weighted by atomic mass is 16.5. The topological polar surface area (TPSA) is 79.7 Å². The molecule has 0 aliphatic rings. The summed E-state index contributed by atoms with van der Waals surface area (Å²) in [7, 11) is 0. The number of hydrogen-bond acceptors (Lipinski definition) is 5. The molecule has 160 valence electrons. The van der Waals surface area contributed by atoms with Crippen LogP contribution >= 0.6 is 0 Å². The molecule has 4 N–H and O–H groups in total. The van der Waals surface area contributed by atoms with E-state index in [9.17, 15) is 0 Å². The summed E-state index contributed by atoms with van der Waals surface area (Å²) in [5.41, 5.74) is 12.4. The molecule has 3 unspecified atom stereocenters. The maximum atomic E-state index is 6.34. The van der Waals surface area contributed by atoms with E-state index in [0.29, 0.717) is 25.5 Å². The molecule has 0 aliphatic heterocycles. The summed E-state index contributed by atoms with van der Waals surface area (Å²) in [6, 6.07) is -0.0875. The van der Waals surface area contributed by atoms with Crippen LogP contribution in [0.2, 0.25) is 0 Å². The van der Waals surface area contributed by atoms with Gasteiger partial charge in [-0.3, -0.25) is 0 Å². The second-order valence-corrected chi connectivity index (χ2v) is 8.27. The van der Waals surface area contributed by atoms with Gasteiger partial charge in [0.25, 0.3) is 0 Å². The number of hydrogen-bond donors (Lipinski definition) is 2. The highest BCUT2D eigenvalue weighted by molar-refractivity contribution is 5.04. The molecule has 0 fully saturated rings. The molecule has 0 aromatic rings. The summed E-state index contributed by atoms with van der Waals surface area (Å²) in [6.45, 7) is 22.5. The average molecular weight is 385 g/mol. The lowest BCUT2D eigenvalue weighted by molar-refractivity contribution is -0.154. The van der Waals surface area contributed by atoms with Crippen molar-refractivity contribution in [1.29, 1.82) is 0 Å². The van der Waals surface area contributed by atoms with E-state index in [0.717, 1.165) is 37.9 Å². The van der Waals surface area contributed by atoms with Gasteiger partial charge >= 0.3 is 0 Å². The highest BCUT2D eigenvalue weighted by Crippen LogP contribution is 2.43. The Labute approximate surface area is 167 Å². The number of unbranched alkanes of at least 4 members (excludes halogenated alkanes) is 1. The summed E-state index contributed by atoms with van der Waals surface area (Å²) in [6.07, 6.45) is 3.90. The van der Waals surface area contributed by atoms with Crippen molar-refractivity contribution < 1.29 is 14.2 Å². The van der Waals surface area contributed by atoms with E-state index >= 15 is 0 Å². The third-order valence-corrected chi connectivity index (χ3v) is 5.47. The first-order valence-electron chi connectivity index (χ1n) is 10.2. The maximum Gasteiger partial charge on any atom is 0.0857 e. The SMILES string of the molecule is C=C(N)COC(C)CC(CC)(COCCCC)C(C)(C)OCC(=C)C(C)N. The van der Waals surface area contributed by atoms with Crippen LogP contribution < -0.4 is 11.5 Å². The molecule has 27 heavy (non-hydrogen) atoms. The lowest BCUT2D eigenvalue weighted by Crippen LogP contribution is -2.51. The molecular weight excluding hydrogens is 340 g/mol. The largest absolute Gasteiger partial charge is 0.401 e. The molecule has 0 rings (SSSR count). The van der Waals surface area contributed by atoms with Gasteiger partial charge in [-0.25, -0.2) is 0 Å². The molecule has 5 nitrogen and oxygen atoms in total. The maximum absolute atomic E-state index is 6.34. The molecule has 0 aliphatic carbocycles. The molecule has 0 aromatic carbocycles. The Bertz CT molecular complexity index is 449. The van der Waals surface area contributed by atoms with Gasteiger partial charge in [0.15, 0.2) is 0 Å². The second-order valence-electron chi connectivity index (χ2n) is 8.27. The summed E-state index contributed by atoms with van der Waals surface area (Å²) in [5.74, 6) is 0. The molecule has 5 heteroatoms. The lowest BCUT2D eigenvalue weighted by atomic mass is 9.68. The summed E-state index contributed by atoms with van der Waals surface area (Å²) < 4.78 is 18.3. The fraction of sp³-hybridized carbons (Fsp3) is 0.818. The van der Waals surface area contributed by atoms with E-state index in [1.54, 1.807) is 0 Å². The van der Waals surface area contributed by atoms with Crippen molar-refractivity contribution in [2.45, 2.75) is 85.0 Å². The van der Waals surface area contributed by atoms with Crippen LogP contribution in [0.15, 0.2) is 24.4 Å². The molecule has 0 saturated carbocycles. The Morgan fingerprint density at radius 1 is 1.11 bits per heavy atom. The fourth-order valence-electron chi connectivity index (χ4n) is 3.08. The van der Waals surface area contributed by atoms with Gasteiger partial charge < -0.3 is 25.7 Å². The van der Waals surface area contributed by atoms with Crippen LogP contribution in [-0.4, -0.2) is 44.2 Å². The van der Waals surface area contributed by atoms with E-state index in [1.165, 1.54) is 0 Å². The zero-order chi connectivity index (χ0) is 21.1. The standard InChI is InChI=1S/C22H44N2O3/c1-9-11-12-25-16-22(10-2,13-19(5)26-15-18(4)23)21(7,8)27-14-17(3)20(6)24/h19-20H,3-4,9-16,23-24H2,1-2,5-8H3. The average Bonchev–Trinajstić information content (AvgIpc) is 2.60. The summed E-state index contributed by atoms with van der Waals surface area (Å²) in [5, 5.41) is 0. The molecule has 0 radical (unpaired) electrons. The van der Waals surface area contributed by atoms with Crippen molar-refractivity contribution in [3.63, 3.8) is 0 Å². The van der Waals surface area contributed by atoms with Gasteiger partial charge in [-0.1, -0.05) is 33.4 Å². The van der Waals surface area contributed by atoms with Crippen LogP contribution in [0.4, 0.5) is 0 Å². The van der Waals surface area contributed by atoms with E-state index in [-0.39, 0.29) is 17.6 Å². The number of ether oxygens (including phenoxy) is 3. The van der Waals surface area contributed by atoms with Gasteiger partial charge in [-0.15, -0.1) is 0 Å². The predicted molar refractivity (Wildman–Crippen MR) is 115 cm³/mol. The van der Waals surface area contributed by atoms with Crippen LogP contribution in [0.3, 0.4) is 0 Å². The van der Waals surface area contributed by atoms with Crippen LogP contribution in [0, 0.1) is 5.41 Å². The van der Waals surface area contributed by atoms with E-state index in [4.69, 9.17) is 25.7 Å². The van der Waals surface area contributed by atoms with Crippen molar-refractivity contribution in [1.82, 2.24) is 0 Å². The quantitative estimate of drug-likeness (QED) is 0.308. The highest BCUT2D eigenvalue weighted by Gasteiger charge is 2.46. The lowest BCUT2D eigenvalue weighted by Gasteiger charge is -2.47. The van der Waals surface area contributed by atoms with Crippen LogP contribution in [-0.2, 0) is 14.2 Å². The van der Waals surface area contributed by atoms with Gasteiger partial charge in [-0.05, 0) is 52.5 Å². The van der Waals surface area contributed by atoms with Gasteiger partial charge in [0.05, 0.1) is 31.5 Å². The Balaban J connectivity index is 5.30. The van der Waals surface area contributed by atoms with Crippen molar-refractivity contribution in [3.8, 4) is 0 Å².